The lowest BCUT2D eigenvalue weighted by Gasteiger charge is -2.45. The van der Waals surface area contributed by atoms with Crippen LogP contribution in [0.2, 0.25) is 0 Å². The van der Waals surface area contributed by atoms with Gasteiger partial charge in [0.2, 0.25) is 0 Å². The van der Waals surface area contributed by atoms with E-state index >= 15 is 0 Å². The van der Waals surface area contributed by atoms with E-state index in [0.717, 1.165) is 24.6 Å². The number of nitrogens with zero attached hydrogens (tertiary/aromatic N) is 1. The molecule has 3 heteroatoms. The first kappa shape index (κ1) is 15.6. The van der Waals surface area contributed by atoms with Crippen molar-refractivity contribution in [2.75, 3.05) is 13.1 Å². The maximum Gasteiger partial charge on any atom is 0.121 e. The van der Waals surface area contributed by atoms with Gasteiger partial charge in [0.05, 0.1) is 6.04 Å². The van der Waals surface area contributed by atoms with Crippen LogP contribution in [0.1, 0.15) is 58.1 Å². The summed E-state index contributed by atoms with van der Waals surface area (Å²) in [5, 5.41) is 3.72. The van der Waals surface area contributed by atoms with Gasteiger partial charge in [-0.2, -0.15) is 0 Å². The van der Waals surface area contributed by atoms with E-state index in [1.54, 1.807) is 0 Å². The van der Waals surface area contributed by atoms with Gasteiger partial charge in [-0.05, 0) is 38.3 Å². The van der Waals surface area contributed by atoms with E-state index in [1.165, 1.54) is 12.8 Å². The normalized spacial score (nSPS) is 26.1. The third kappa shape index (κ3) is 3.44. The molecule has 114 valence electrons. The van der Waals surface area contributed by atoms with Crippen LogP contribution in [-0.4, -0.2) is 30.1 Å². The molecule has 1 aliphatic rings. The Hall–Kier alpha value is -0.800. The van der Waals surface area contributed by atoms with E-state index in [2.05, 4.69) is 50.0 Å². The number of rotatable bonds is 5. The molecule has 1 N–H and O–H groups in total. The van der Waals surface area contributed by atoms with E-state index in [0.29, 0.717) is 24.0 Å². The Morgan fingerprint density at radius 1 is 1.35 bits per heavy atom. The quantitative estimate of drug-likeness (QED) is 0.889. The third-order valence-corrected chi connectivity index (χ3v) is 4.55. The fraction of sp³-hybridized carbons (Fsp3) is 0.765. The van der Waals surface area contributed by atoms with Gasteiger partial charge in [0.25, 0.3) is 0 Å². The van der Waals surface area contributed by atoms with Crippen LogP contribution in [0.4, 0.5) is 0 Å². The molecule has 1 saturated heterocycles. The van der Waals surface area contributed by atoms with E-state index in [4.69, 9.17) is 4.42 Å². The molecule has 3 nitrogen and oxygen atoms in total. The summed E-state index contributed by atoms with van der Waals surface area (Å²) in [5.74, 6) is 2.77. The molecule has 0 aromatic carbocycles. The molecule has 2 rings (SSSR count). The maximum absolute atomic E-state index is 5.86. The topological polar surface area (TPSA) is 28.4 Å². The highest BCUT2D eigenvalue weighted by atomic mass is 16.3. The Balaban J connectivity index is 2.13. The molecular formula is C17H30N2O. The van der Waals surface area contributed by atoms with Crippen LogP contribution in [0, 0.1) is 12.8 Å². The Morgan fingerprint density at radius 3 is 2.65 bits per heavy atom. The Bertz CT molecular complexity index is 413. The molecular weight excluding hydrogens is 248 g/mol. The average molecular weight is 278 g/mol. The van der Waals surface area contributed by atoms with Gasteiger partial charge in [-0.1, -0.05) is 27.2 Å². The summed E-state index contributed by atoms with van der Waals surface area (Å²) in [5.41, 5.74) is 0. The summed E-state index contributed by atoms with van der Waals surface area (Å²) < 4.78 is 5.86. The van der Waals surface area contributed by atoms with E-state index in [9.17, 15) is 0 Å². The molecule has 0 saturated carbocycles. The maximum atomic E-state index is 5.86. The number of nitrogens with one attached hydrogen (secondary N) is 1. The molecule has 20 heavy (non-hydrogen) atoms. The van der Waals surface area contributed by atoms with Crippen LogP contribution in [-0.2, 0) is 0 Å². The first-order valence-corrected chi connectivity index (χ1v) is 8.08. The zero-order valence-electron chi connectivity index (χ0n) is 13.6. The predicted octanol–water partition coefficient (Wildman–Crippen LogP) is 3.75. The molecule has 0 aliphatic carbocycles. The minimum Gasteiger partial charge on any atom is -0.465 e. The van der Waals surface area contributed by atoms with Crippen LogP contribution in [0.25, 0.3) is 0 Å². The minimum absolute atomic E-state index is 0.359. The minimum atomic E-state index is 0.359. The van der Waals surface area contributed by atoms with Gasteiger partial charge in [0, 0.05) is 25.2 Å². The highest BCUT2D eigenvalue weighted by Crippen LogP contribution is 2.29. The Labute approximate surface area is 123 Å². The standard InChI is InChI=1S/C17H30N2O/c1-6-7-15-11-19(16(10-18-15)12(2)3)14(5)17-9-8-13(4)20-17/h8-9,12,14-16,18H,6-7,10-11H2,1-5H3. The van der Waals surface area contributed by atoms with Crippen molar-refractivity contribution in [2.24, 2.45) is 5.92 Å². The molecule has 1 aromatic heterocycles. The van der Waals surface area contributed by atoms with Crippen LogP contribution < -0.4 is 5.32 Å². The van der Waals surface area contributed by atoms with Gasteiger partial charge in [-0.25, -0.2) is 0 Å². The number of furan rings is 1. The second kappa shape index (κ2) is 6.77. The van der Waals surface area contributed by atoms with Gasteiger partial charge in [-0.15, -0.1) is 0 Å². The lowest BCUT2D eigenvalue weighted by Crippen LogP contribution is -2.58. The number of aryl methyl sites for hydroxylation is 1. The Morgan fingerprint density at radius 2 is 2.10 bits per heavy atom. The lowest BCUT2D eigenvalue weighted by atomic mass is 9.95. The average Bonchev–Trinajstić information content (AvgIpc) is 2.84. The van der Waals surface area contributed by atoms with Gasteiger partial charge >= 0.3 is 0 Å². The fourth-order valence-electron chi connectivity index (χ4n) is 3.31. The molecule has 0 radical (unpaired) electrons. The van der Waals surface area contributed by atoms with E-state index < -0.39 is 0 Å². The van der Waals surface area contributed by atoms with Crippen molar-refractivity contribution in [1.82, 2.24) is 10.2 Å². The monoisotopic (exact) mass is 278 g/mol. The molecule has 1 aliphatic heterocycles. The fourth-order valence-corrected chi connectivity index (χ4v) is 3.31. The third-order valence-electron chi connectivity index (χ3n) is 4.55. The van der Waals surface area contributed by atoms with Crippen LogP contribution in [0.3, 0.4) is 0 Å². The highest BCUT2D eigenvalue weighted by Gasteiger charge is 2.33. The first-order valence-electron chi connectivity index (χ1n) is 8.08. The molecule has 0 amide bonds. The summed E-state index contributed by atoms with van der Waals surface area (Å²) >= 11 is 0. The van der Waals surface area contributed by atoms with Gasteiger partial charge in [-0.3, -0.25) is 4.90 Å². The zero-order chi connectivity index (χ0) is 14.7. The van der Waals surface area contributed by atoms with Crippen molar-refractivity contribution < 1.29 is 4.42 Å². The number of hydrogen-bond donors (Lipinski definition) is 1. The highest BCUT2D eigenvalue weighted by molar-refractivity contribution is 5.10. The molecule has 1 fully saturated rings. The van der Waals surface area contributed by atoms with Crippen molar-refractivity contribution >= 4 is 0 Å². The summed E-state index contributed by atoms with van der Waals surface area (Å²) in [4.78, 5) is 2.64. The molecule has 0 bridgehead atoms. The summed E-state index contributed by atoms with van der Waals surface area (Å²) in [7, 11) is 0. The number of hydrogen-bond acceptors (Lipinski definition) is 3. The SMILES string of the molecule is CCCC1CN(C(C)c2ccc(C)o2)C(C(C)C)CN1. The van der Waals surface area contributed by atoms with Crippen molar-refractivity contribution in [3.63, 3.8) is 0 Å². The second-order valence-corrected chi connectivity index (χ2v) is 6.53. The second-order valence-electron chi connectivity index (χ2n) is 6.53. The summed E-state index contributed by atoms with van der Waals surface area (Å²) in [6.07, 6.45) is 2.50. The molecule has 3 atom stereocenters. The van der Waals surface area contributed by atoms with E-state index in [-0.39, 0.29) is 0 Å². The van der Waals surface area contributed by atoms with Crippen molar-refractivity contribution in [3.8, 4) is 0 Å². The van der Waals surface area contributed by atoms with Crippen molar-refractivity contribution in [3.05, 3.63) is 23.7 Å². The van der Waals surface area contributed by atoms with E-state index in [1.807, 2.05) is 6.92 Å². The molecule has 2 heterocycles. The van der Waals surface area contributed by atoms with Crippen LogP contribution in [0.15, 0.2) is 16.5 Å². The van der Waals surface area contributed by atoms with Crippen molar-refractivity contribution in [1.29, 1.82) is 0 Å². The first-order chi connectivity index (χ1) is 9.52. The van der Waals surface area contributed by atoms with Crippen LogP contribution in [0.5, 0.6) is 0 Å². The van der Waals surface area contributed by atoms with Gasteiger partial charge in [0.15, 0.2) is 0 Å². The zero-order valence-corrected chi connectivity index (χ0v) is 13.6. The Kier molecular flexibility index (Phi) is 5.28. The number of piperazine rings is 1. The van der Waals surface area contributed by atoms with Crippen LogP contribution >= 0.6 is 0 Å². The smallest absolute Gasteiger partial charge is 0.121 e. The summed E-state index contributed by atoms with van der Waals surface area (Å²) in [6, 6.07) is 5.77. The largest absolute Gasteiger partial charge is 0.465 e. The molecule has 1 aromatic rings. The summed E-state index contributed by atoms with van der Waals surface area (Å²) in [6.45, 7) is 13.4. The van der Waals surface area contributed by atoms with Crippen molar-refractivity contribution in [2.45, 2.75) is 65.6 Å². The predicted molar refractivity (Wildman–Crippen MR) is 83.9 cm³/mol. The molecule has 3 unspecified atom stereocenters. The van der Waals surface area contributed by atoms with Gasteiger partial charge in [0.1, 0.15) is 11.5 Å². The van der Waals surface area contributed by atoms with Gasteiger partial charge < -0.3 is 9.73 Å². The lowest BCUT2D eigenvalue weighted by molar-refractivity contribution is 0.0510. The molecule has 0 spiro atoms.